The van der Waals surface area contributed by atoms with Crippen LogP contribution < -0.4 is 5.32 Å². The Morgan fingerprint density at radius 1 is 1.31 bits per heavy atom. The van der Waals surface area contributed by atoms with Crippen molar-refractivity contribution in [2.45, 2.75) is 43.7 Å². The van der Waals surface area contributed by atoms with Gasteiger partial charge in [0.05, 0.1) is 11.9 Å². The molecule has 3 aromatic rings. The van der Waals surface area contributed by atoms with Crippen LogP contribution in [-0.2, 0) is 11.3 Å². The number of carbonyl (C=O) groups is 1. The number of thioether (sulfide) groups is 1. The van der Waals surface area contributed by atoms with E-state index in [0.717, 1.165) is 58.1 Å². The molecule has 1 saturated heterocycles. The fourth-order valence-electron chi connectivity index (χ4n) is 3.52. The van der Waals surface area contributed by atoms with E-state index >= 15 is 0 Å². The molecule has 1 aliphatic heterocycles. The van der Waals surface area contributed by atoms with Gasteiger partial charge in [0.25, 0.3) is 0 Å². The van der Waals surface area contributed by atoms with Crippen molar-refractivity contribution >= 4 is 39.7 Å². The van der Waals surface area contributed by atoms with Crippen molar-refractivity contribution in [3.63, 3.8) is 0 Å². The van der Waals surface area contributed by atoms with Crippen LogP contribution in [0.15, 0.2) is 40.7 Å². The topological polar surface area (TPSA) is 69.0 Å². The Bertz CT molecular complexity index is 978. The van der Waals surface area contributed by atoms with Crippen LogP contribution in [0.4, 0.5) is 10.8 Å². The molecule has 1 aliphatic rings. The minimum absolute atomic E-state index is 0.120. The second-order valence-corrected chi connectivity index (χ2v) is 9.31. The standard InChI is InChI=1S/C21H24N4O2S2/c1-14-11-18(15(2)25(14)12-17-9-6-10-27-17)19(26)13-28-21-24-23-20(29-21)22-16-7-4-3-5-8-16/h3-5,7-8,11,17H,6,9-10,12-13H2,1-2H3,(H,22,23)/t17-/m1/s1. The van der Waals surface area contributed by atoms with Crippen molar-refractivity contribution < 1.29 is 9.53 Å². The molecule has 0 aliphatic carbocycles. The average Bonchev–Trinajstić information content (AvgIpc) is 3.45. The molecule has 0 bridgehead atoms. The molecule has 0 spiro atoms. The Morgan fingerprint density at radius 2 is 2.14 bits per heavy atom. The summed E-state index contributed by atoms with van der Waals surface area (Å²) >= 11 is 2.89. The highest BCUT2D eigenvalue weighted by atomic mass is 32.2. The molecule has 1 fully saturated rings. The summed E-state index contributed by atoms with van der Waals surface area (Å²) in [6.45, 7) is 5.74. The summed E-state index contributed by atoms with van der Waals surface area (Å²) in [5.74, 6) is 0.471. The zero-order valence-electron chi connectivity index (χ0n) is 16.6. The second-order valence-electron chi connectivity index (χ2n) is 7.11. The monoisotopic (exact) mass is 428 g/mol. The van der Waals surface area contributed by atoms with Gasteiger partial charge in [-0.1, -0.05) is 41.3 Å². The number of aryl methyl sites for hydroxylation is 1. The van der Waals surface area contributed by atoms with Crippen molar-refractivity contribution in [1.82, 2.24) is 14.8 Å². The molecule has 0 unspecified atom stereocenters. The van der Waals surface area contributed by atoms with E-state index in [1.165, 1.54) is 23.1 Å². The Kier molecular flexibility index (Phi) is 6.32. The van der Waals surface area contributed by atoms with Crippen molar-refractivity contribution in [2.75, 3.05) is 17.7 Å². The van der Waals surface area contributed by atoms with Gasteiger partial charge in [0.15, 0.2) is 10.1 Å². The van der Waals surface area contributed by atoms with Crippen molar-refractivity contribution in [2.24, 2.45) is 0 Å². The molecule has 0 radical (unpaired) electrons. The summed E-state index contributed by atoms with van der Waals surface area (Å²) in [5, 5.41) is 12.3. The minimum atomic E-state index is 0.120. The highest BCUT2D eigenvalue weighted by Gasteiger charge is 2.21. The summed E-state index contributed by atoms with van der Waals surface area (Å²) < 4.78 is 8.75. The molecule has 0 amide bonds. The lowest BCUT2D eigenvalue weighted by molar-refractivity contribution is 0.0957. The maximum Gasteiger partial charge on any atom is 0.210 e. The van der Waals surface area contributed by atoms with Gasteiger partial charge in [0.2, 0.25) is 5.13 Å². The number of rotatable bonds is 8. The zero-order valence-corrected chi connectivity index (χ0v) is 18.2. The highest BCUT2D eigenvalue weighted by molar-refractivity contribution is 8.01. The van der Waals surface area contributed by atoms with Crippen LogP contribution >= 0.6 is 23.1 Å². The number of nitrogens with one attached hydrogen (secondary N) is 1. The van der Waals surface area contributed by atoms with Crippen LogP contribution in [0.5, 0.6) is 0 Å². The number of benzene rings is 1. The van der Waals surface area contributed by atoms with Crippen LogP contribution in [0.3, 0.4) is 0 Å². The molecule has 1 atom stereocenters. The third-order valence-electron chi connectivity index (χ3n) is 5.04. The maximum absolute atomic E-state index is 12.8. The lowest BCUT2D eigenvalue weighted by Gasteiger charge is -2.14. The van der Waals surface area contributed by atoms with Gasteiger partial charge in [-0.15, -0.1) is 10.2 Å². The van der Waals surface area contributed by atoms with E-state index in [4.69, 9.17) is 4.74 Å². The van der Waals surface area contributed by atoms with Gasteiger partial charge in [-0.2, -0.15) is 0 Å². The second kappa shape index (κ2) is 9.11. The number of Topliss-reactive ketones (excluding diaryl/α,β-unsaturated/α-hetero) is 1. The summed E-state index contributed by atoms with van der Waals surface area (Å²) in [7, 11) is 0. The first-order valence-corrected chi connectivity index (χ1v) is 11.5. The first-order valence-electron chi connectivity index (χ1n) is 9.70. The van der Waals surface area contributed by atoms with Gasteiger partial charge in [0, 0.05) is 35.8 Å². The summed E-state index contributed by atoms with van der Waals surface area (Å²) in [4.78, 5) is 12.8. The number of carbonyl (C=O) groups excluding carboxylic acids is 1. The lowest BCUT2D eigenvalue weighted by atomic mass is 10.2. The number of nitrogens with zero attached hydrogens (tertiary/aromatic N) is 3. The van der Waals surface area contributed by atoms with Crippen LogP contribution in [-0.4, -0.2) is 39.0 Å². The van der Waals surface area contributed by atoms with Crippen LogP contribution in [0.2, 0.25) is 0 Å². The number of hydrogen-bond donors (Lipinski definition) is 1. The molecular formula is C21H24N4O2S2. The number of aromatic nitrogens is 3. The molecule has 4 rings (SSSR count). The molecule has 0 saturated carbocycles. The quantitative estimate of drug-likeness (QED) is 0.408. The Hall–Kier alpha value is -2.16. The number of ether oxygens (including phenoxy) is 1. The Balaban J connectivity index is 1.36. The van der Waals surface area contributed by atoms with Crippen molar-refractivity contribution in [1.29, 1.82) is 0 Å². The Morgan fingerprint density at radius 3 is 2.90 bits per heavy atom. The van der Waals surface area contributed by atoms with Gasteiger partial charge in [-0.25, -0.2) is 0 Å². The number of anilines is 2. The average molecular weight is 429 g/mol. The molecule has 8 heteroatoms. The lowest BCUT2D eigenvalue weighted by Crippen LogP contribution is -2.17. The molecule has 1 aromatic carbocycles. The summed E-state index contributed by atoms with van der Waals surface area (Å²) in [5.41, 5.74) is 3.89. The maximum atomic E-state index is 12.8. The van der Waals surface area contributed by atoms with E-state index in [9.17, 15) is 4.79 Å². The van der Waals surface area contributed by atoms with Crippen LogP contribution in [0, 0.1) is 13.8 Å². The SMILES string of the molecule is Cc1cc(C(=O)CSc2nnc(Nc3ccccc3)s2)c(C)n1C[C@H]1CCCO1. The van der Waals surface area contributed by atoms with Gasteiger partial charge in [-0.3, -0.25) is 4.79 Å². The van der Waals surface area contributed by atoms with Crippen LogP contribution in [0.25, 0.3) is 0 Å². The Labute approximate surface area is 178 Å². The van der Waals surface area contributed by atoms with E-state index in [-0.39, 0.29) is 11.9 Å². The third-order valence-corrected chi connectivity index (χ3v) is 7.01. The summed E-state index contributed by atoms with van der Waals surface area (Å²) in [6, 6.07) is 11.8. The highest BCUT2D eigenvalue weighted by Crippen LogP contribution is 2.29. The van der Waals surface area contributed by atoms with Crippen molar-refractivity contribution in [3.8, 4) is 0 Å². The molecule has 6 nitrogen and oxygen atoms in total. The molecule has 2 aromatic heterocycles. The van der Waals surface area contributed by atoms with Crippen LogP contribution in [0.1, 0.15) is 34.6 Å². The van der Waals surface area contributed by atoms with Gasteiger partial charge >= 0.3 is 0 Å². The minimum Gasteiger partial charge on any atom is -0.376 e. The van der Waals surface area contributed by atoms with Gasteiger partial charge in [-0.05, 0) is 44.9 Å². The molecule has 152 valence electrons. The fraction of sp³-hybridized carbons (Fsp3) is 0.381. The van der Waals surface area contributed by atoms with E-state index in [0.29, 0.717) is 5.75 Å². The molecular weight excluding hydrogens is 404 g/mol. The first kappa shape index (κ1) is 20.1. The smallest absolute Gasteiger partial charge is 0.210 e. The normalized spacial score (nSPS) is 16.3. The van der Waals surface area contributed by atoms with E-state index in [1.807, 2.05) is 43.3 Å². The zero-order chi connectivity index (χ0) is 20.2. The number of hydrogen-bond acceptors (Lipinski definition) is 7. The molecule has 3 heterocycles. The molecule has 29 heavy (non-hydrogen) atoms. The largest absolute Gasteiger partial charge is 0.376 e. The predicted molar refractivity (Wildman–Crippen MR) is 118 cm³/mol. The number of ketones is 1. The number of para-hydroxylation sites is 1. The van der Waals surface area contributed by atoms with E-state index in [1.54, 1.807) is 0 Å². The third kappa shape index (κ3) is 4.88. The van der Waals surface area contributed by atoms with Gasteiger partial charge in [0.1, 0.15) is 0 Å². The van der Waals surface area contributed by atoms with E-state index < -0.39 is 0 Å². The van der Waals surface area contributed by atoms with Crippen molar-refractivity contribution in [3.05, 3.63) is 53.3 Å². The fourth-order valence-corrected chi connectivity index (χ4v) is 5.18. The first-order chi connectivity index (χ1) is 14.1. The van der Waals surface area contributed by atoms with E-state index in [2.05, 4.69) is 27.0 Å². The predicted octanol–water partition coefficient (Wildman–Crippen LogP) is 4.85. The van der Waals surface area contributed by atoms with Gasteiger partial charge < -0.3 is 14.6 Å². The summed E-state index contributed by atoms with van der Waals surface area (Å²) in [6.07, 6.45) is 2.47. The molecule has 1 N–H and O–H groups in total.